The zero-order chi connectivity index (χ0) is 22.0. The minimum Gasteiger partial charge on any atom is -0.367 e. The van der Waals surface area contributed by atoms with Gasteiger partial charge in [0.25, 0.3) is 0 Å². The monoisotopic (exact) mass is 556 g/mol. The zero-order valence-corrected chi connectivity index (χ0v) is 19.7. The van der Waals surface area contributed by atoms with Crippen LogP contribution in [0, 0.1) is 0 Å². The molecule has 1 heterocycles. The molecule has 2 rings (SSSR count). The highest BCUT2D eigenvalue weighted by Crippen LogP contribution is 2.16. The van der Waals surface area contributed by atoms with E-state index < -0.39 is 12.8 Å². The van der Waals surface area contributed by atoms with Gasteiger partial charge in [0.1, 0.15) is 6.61 Å². The Morgan fingerprint density at radius 2 is 1.71 bits per heavy atom. The highest BCUT2D eigenvalue weighted by Gasteiger charge is 2.27. The lowest BCUT2D eigenvalue weighted by molar-refractivity contribution is -0.176. The van der Waals surface area contributed by atoms with Gasteiger partial charge in [-0.15, -0.1) is 24.0 Å². The first-order valence-electron chi connectivity index (χ1n) is 9.86. The molecule has 1 aromatic rings. The van der Waals surface area contributed by atoms with E-state index in [1.807, 2.05) is 6.92 Å². The maximum atomic E-state index is 12.1. The summed E-state index contributed by atoms with van der Waals surface area (Å²) in [6.45, 7) is 2.22. The van der Waals surface area contributed by atoms with Crippen molar-refractivity contribution in [3.63, 3.8) is 0 Å². The molecule has 0 atom stereocenters. The van der Waals surface area contributed by atoms with Crippen molar-refractivity contribution < 1.29 is 27.5 Å². The van der Waals surface area contributed by atoms with Gasteiger partial charge in [-0.2, -0.15) is 13.2 Å². The van der Waals surface area contributed by atoms with Crippen LogP contribution in [0.5, 0.6) is 0 Å². The second-order valence-electron chi connectivity index (χ2n) is 6.84. The van der Waals surface area contributed by atoms with E-state index in [1.54, 1.807) is 24.3 Å². The fraction of sp³-hybridized carbons (Fsp3) is 0.550. The summed E-state index contributed by atoms with van der Waals surface area (Å²) in [5.41, 5.74) is 1.53. The van der Waals surface area contributed by atoms with Crippen LogP contribution in [-0.4, -0.2) is 55.1 Å². The standard InChI is InChI=1S/C20H27F3N4O3.HI/c1-2-24-19(25-10-11-27-17(28)4-3-5-18(27)29)26-12-15-6-8-16(9-7-15)13-30-14-20(21,22)23;/h6-9H,2-5,10-14H2,1H3,(H2,24,25,26);1H. The number of halogens is 4. The number of likely N-dealkylation sites (tertiary alicyclic amines) is 1. The number of amides is 2. The molecule has 0 unspecified atom stereocenters. The van der Waals surface area contributed by atoms with Crippen molar-refractivity contribution in [3.8, 4) is 0 Å². The number of hydrogen-bond acceptors (Lipinski definition) is 4. The van der Waals surface area contributed by atoms with Crippen LogP contribution < -0.4 is 10.6 Å². The number of carbonyl (C=O) groups excluding carboxylic acids is 2. The van der Waals surface area contributed by atoms with Crippen molar-refractivity contribution >= 4 is 41.8 Å². The smallest absolute Gasteiger partial charge is 0.367 e. The van der Waals surface area contributed by atoms with Crippen molar-refractivity contribution in [2.24, 2.45) is 4.99 Å². The maximum Gasteiger partial charge on any atom is 0.411 e. The van der Waals surface area contributed by atoms with Gasteiger partial charge < -0.3 is 15.4 Å². The predicted molar refractivity (Wildman–Crippen MR) is 121 cm³/mol. The Hall–Kier alpha value is -1.89. The van der Waals surface area contributed by atoms with Gasteiger partial charge in [0.05, 0.1) is 13.2 Å². The average molecular weight is 556 g/mol. The summed E-state index contributed by atoms with van der Waals surface area (Å²) in [6, 6.07) is 6.97. The Balaban J connectivity index is 0.00000480. The van der Waals surface area contributed by atoms with Crippen LogP contribution in [0.25, 0.3) is 0 Å². The second kappa shape index (κ2) is 13.5. The quantitative estimate of drug-likeness (QED) is 0.212. The van der Waals surface area contributed by atoms with E-state index in [0.29, 0.717) is 50.4 Å². The molecule has 174 valence electrons. The molecule has 1 aromatic carbocycles. The number of alkyl halides is 3. The first-order valence-corrected chi connectivity index (χ1v) is 9.86. The van der Waals surface area contributed by atoms with E-state index >= 15 is 0 Å². The first kappa shape index (κ1) is 27.1. The topological polar surface area (TPSA) is 83.0 Å². The van der Waals surface area contributed by atoms with Crippen molar-refractivity contribution in [3.05, 3.63) is 35.4 Å². The van der Waals surface area contributed by atoms with Gasteiger partial charge in [0, 0.05) is 32.5 Å². The van der Waals surface area contributed by atoms with E-state index in [9.17, 15) is 22.8 Å². The van der Waals surface area contributed by atoms with Gasteiger partial charge in [0.2, 0.25) is 11.8 Å². The maximum absolute atomic E-state index is 12.1. The summed E-state index contributed by atoms with van der Waals surface area (Å²) in [6.07, 6.45) is -2.92. The molecule has 0 aliphatic carbocycles. The molecule has 0 saturated carbocycles. The number of guanidine groups is 1. The Morgan fingerprint density at radius 3 is 2.29 bits per heavy atom. The molecule has 1 aliphatic heterocycles. The molecule has 11 heteroatoms. The lowest BCUT2D eigenvalue weighted by atomic mass is 10.1. The zero-order valence-electron chi connectivity index (χ0n) is 17.3. The first-order chi connectivity index (χ1) is 14.3. The minimum absolute atomic E-state index is 0. The number of hydrogen-bond donors (Lipinski definition) is 2. The summed E-state index contributed by atoms with van der Waals surface area (Å²) in [7, 11) is 0. The largest absolute Gasteiger partial charge is 0.411 e. The van der Waals surface area contributed by atoms with Crippen LogP contribution in [0.1, 0.15) is 37.3 Å². The molecule has 1 saturated heterocycles. The van der Waals surface area contributed by atoms with Crippen LogP contribution in [-0.2, 0) is 27.5 Å². The van der Waals surface area contributed by atoms with Crippen molar-refractivity contribution in [2.75, 3.05) is 26.2 Å². The number of rotatable bonds is 9. The van der Waals surface area contributed by atoms with Gasteiger partial charge in [-0.3, -0.25) is 14.5 Å². The molecule has 7 nitrogen and oxygen atoms in total. The van der Waals surface area contributed by atoms with Crippen molar-refractivity contribution in [2.45, 2.75) is 45.5 Å². The van der Waals surface area contributed by atoms with E-state index in [0.717, 1.165) is 5.56 Å². The van der Waals surface area contributed by atoms with E-state index in [1.165, 1.54) is 4.90 Å². The van der Waals surface area contributed by atoms with Crippen LogP contribution >= 0.6 is 24.0 Å². The number of aliphatic imine (C=N–C) groups is 1. The summed E-state index contributed by atoms with van der Waals surface area (Å²) in [5, 5.41) is 6.19. The van der Waals surface area contributed by atoms with Crippen LogP contribution in [0.15, 0.2) is 29.3 Å². The number of nitrogens with zero attached hydrogens (tertiary/aromatic N) is 2. The van der Waals surface area contributed by atoms with Gasteiger partial charge in [-0.1, -0.05) is 24.3 Å². The number of carbonyl (C=O) groups is 2. The Labute approximate surface area is 196 Å². The number of benzene rings is 1. The molecule has 0 bridgehead atoms. The normalized spacial score (nSPS) is 15.0. The molecule has 1 aliphatic rings. The molecule has 31 heavy (non-hydrogen) atoms. The van der Waals surface area contributed by atoms with Gasteiger partial charge in [0.15, 0.2) is 5.96 Å². The lowest BCUT2D eigenvalue weighted by Gasteiger charge is -2.25. The highest BCUT2D eigenvalue weighted by molar-refractivity contribution is 14.0. The molecule has 1 fully saturated rings. The molecule has 0 radical (unpaired) electrons. The molecule has 0 spiro atoms. The van der Waals surface area contributed by atoms with Crippen LogP contribution in [0.4, 0.5) is 13.2 Å². The molecular formula is C20H28F3IN4O3. The number of piperidine rings is 1. The lowest BCUT2D eigenvalue weighted by Crippen LogP contribution is -2.46. The van der Waals surface area contributed by atoms with Crippen LogP contribution in [0.2, 0.25) is 0 Å². The summed E-state index contributed by atoms with van der Waals surface area (Å²) in [4.78, 5) is 29.4. The van der Waals surface area contributed by atoms with Gasteiger partial charge in [-0.05, 0) is 24.5 Å². The van der Waals surface area contributed by atoms with Gasteiger partial charge >= 0.3 is 6.18 Å². The van der Waals surface area contributed by atoms with E-state index in [4.69, 9.17) is 0 Å². The highest BCUT2D eigenvalue weighted by atomic mass is 127. The second-order valence-corrected chi connectivity index (χ2v) is 6.84. The summed E-state index contributed by atoms with van der Waals surface area (Å²) < 4.78 is 41.0. The van der Waals surface area contributed by atoms with Crippen molar-refractivity contribution in [1.29, 1.82) is 0 Å². The average Bonchev–Trinajstić information content (AvgIpc) is 2.68. The third kappa shape index (κ3) is 10.3. The fourth-order valence-corrected chi connectivity index (χ4v) is 2.87. The van der Waals surface area contributed by atoms with E-state index in [-0.39, 0.29) is 48.9 Å². The molecule has 2 amide bonds. The Kier molecular flexibility index (Phi) is 11.8. The summed E-state index contributed by atoms with van der Waals surface area (Å²) >= 11 is 0. The fourth-order valence-electron chi connectivity index (χ4n) is 2.87. The molecule has 2 N–H and O–H groups in total. The number of imide groups is 1. The Bertz CT molecular complexity index is 726. The molecular weight excluding hydrogens is 528 g/mol. The third-order valence-electron chi connectivity index (χ3n) is 4.33. The van der Waals surface area contributed by atoms with E-state index in [2.05, 4.69) is 20.4 Å². The minimum atomic E-state index is -4.33. The summed E-state index contributed by atoms with van der Waals surface area (Å²) in [5.74, 6) is 0.260. The molecule has 0 aromatic heterocycles. The number of ether oxygens (including phenoxy) is 1. The number of nitrogens with one attached hydrogen (secondary N) is 2. The van der Waals surface area contributed by atoms with Gasteiger partial charge in [-0.25, -0.2) is 4.99 Å². The van der Waals surface area contributed by atoms with Crippen LogP contribution in [0.3, 0.4) is 0 Å². The van der Waals surface area contributed by atoms with Crippen molar-refractivity contribution in [1.82, 2.24) is 15.5 Å². The SMILES string of the molecule is CCNC(=NCc1ccc(COCC(F)(F)F)cc1)NCCN1C(=O)CCCC1=O.I. The third-order valence-corrected chi connectivity index (χ3v) is 4.33. The Morgan fingerprint density at radius 1 is 1.10 bits per heavy atom. The predicted octanol–water partition coefficient (Wildman–Crippen LogP) is 2.98.